The van der Waals surface area contributed by atoms with Gasteiger partial charge in [-0.15, -0.1) is 0 Å². The van der Waals surface area contributed by atoms with Crippen LogP contribution in [0.1, 0.15) is 90.9 Å². The molecule has 5 heteroatoms. The number of carbonyl (C=O) groups excluding carboxylic acids is 2. The summed E-state index contributed by atoms with van der Waals surface area (Å²) < 4.78 is 10.5. The van der Waals surface area contributed by atoms with Gasteiger partial charge in [0.25, 0.3) is 0 Å². The molecule has 0 saturated carbocycles. The maximum atomic E-state index is 12.1. The Kier molecular flexibility index (Phi) is 29.5. The van der Waals surface area contributed by atoms with Crippen LogP contribution in [0.5, 0.6) is 0 Å². The van der Waals surface area contributed by atoms with Gasteiger partial charge in [0.2, 0.25) is 0 Å². The van der Waals surface area contributed by atoms with Gasteiger partial charge in [-0.3, -0.25) is 9.59 Å². The van der Waals surface area contributed by atoms with Gasteiger partial charge in [-0.05, 0) is 51.4 Å². The van der Waals surface area contributed by atoms with Gasteiger partial charge in [-0.2, -0.15) is 0 Å². The molecule has 0 spiro atoms. The SMILES string of the molecule is CC/C=C/C=C/C=C/C=C/C=C/CCCCCC(=O)OC(CO)COC(=O)CCCCC/C=C/C=C/C=C/C=C/CC. The fourth-order valence-electron chi connectivity index (χ4n) is 3.46. The number of unbranched alkanes of at least 4 members (excludes halogenated alkanes) is 6. The van der Waals surface area contributed by atoms with Crippen molar-refractivity contribution in [2.75, 3.05) is 13.2 Å². The average Bonchev–Trinajstić information content (AvgIpc) is 2.99. The van der Waals surface area contributed by atoms with Crippen LogP contribution in [0.4, 0.5) is 0 Å². The number of ether oxygens (including phenoxy) is 2. The number of aliphatic hydroxyl groups excluding tert-OH is 1. The Hall–Kier alpha value is -3.44. The highest BCUT2D eigenvalue weighted by Gasteiger charge is 2.15. The number of allylic oxidation sites excluding steroid dienone is 18. The first-order valence-corrected chi connectivity index (χ1v) is 15.6. The minimum absolute atomic E-state index is 0.113. The molecule has 0 rings (SSSR count). The molecule has 1 N–H and O–H groups in total. The fraction of sp³-hybridized carbons (Fsp3) is 0.459. The molecule has 0 aromatic rings. The quantitative estimate of drug-likeness (QED) is 0.0664. The van der Waals surface area contributed by atoms with Gasteiger partial charge in [-0.1, -0.05) is 136 Å². The highest BCUT2D eigenvalue weighted by atomic mass is 16.6. The zero-order chi connectivity index (χ0) is 30.8. The Balaban J connectivity index is 3.83. The fourth-order valence-corrected chi connectivity index (χ4v) is 3.46. The lowest BCUT2D eigenvalue weighted by Crippen LogP contribution is -2.28. The van der Waals surface area contributed by atoms with E-state index in [0.717, 1.165) is 64.2 Å². The maximum absolute atomic E-state index is 12.1. The van der Waals surface area contributed by atoms with Crippen LogP contribution < -0.4 is 0 Å². The second kappa shape index (κ2) is 32.1. The van der Waals surface area contributed by atoms with Crippen LogP contribution in [-0.2, 0) is 19.1 Å². The number of carbonyl (C=O) groups is 2. The van der Waals surface area contributed by atoms with Crippen molar-refractivity contribution < 1.29 is 24.2 Å². The smallest absolute Gasteiger partial charge is 0.306 e. The predicted molar refractivity (Wildman–Crippen MR) is 177 cm³/mol. The Morgan fingerprint density at radius 1 is 0.548 bits per heavy atom. The van der Waals surface area contributed by atoms with E-state index >= 15 is 0 Å². The van der Waals surface area contributed by atoms with E-state index in [2.05, 4.69) is 38.2 Å². The molecule has 0 aromatic carbocycles. The normalized spacial score (nSPS) is 13.7. The summed E-state index contributed by atoms with van der Waals surface area (Å²) in [6, 6.07) is 0. The topological polar surface area (TPSA) is 72.8 Å². The molecular weight excluding hydrogens is 524 g/mol. The molecule has 0 heterocycles. The van der Waals surface area contributed by atoms with Crippen LogP contribution >= 0.6 is 0 Å². The summed E-state index contributed by atoms with van der Waals surface area (Å²) in [5.74, 6) is -0.704. The van der Waals surface area contributed by atoms with Crippen molar-refractivity contribution in [2.24, 2.45) is 0 Å². The first-order chi connectivity index (χ1) is 20.6. The van der Waals surface area contributed by atoms with Gasteiger partial charge in [0, 0.05) is 12.8 Å². The number of rotatable bonds is 25. The van der Waals surface area contributed by atoms with E-state index in [0.29, 0.717) is 6.42 Å². The molecule has 0 radical (unpaired) electrons. The molecule has 0 saturated heterocycles. The van der Waals surface area contributed by atoms with E-state index in [1.807, 2.05) is 85.1 Å². The second-order valence-electron chi connectivity index (χ2n) is 9.63. The molecule has 5 nitrogen and oxygen atoms in total. The van der Waals surface area contributed by atoms with Crippen LogP contribution in [0.2, 0.25) is 0 Å². The Bertz CT molecular complexity index is 928. The molecular formula is C37H54O5. The number of esters is 2. The third-order valence-electron chi connectivity index (χ3n) is 5.78. The average molecular weight is 579 g/mol. The minimum atomic E-state index is -0.816. The van der Waals surface area contributed by atoms with E-state index in [4.69, 9.17) is 9.47 Å². The summed E-state index contributed by atoms with van der Waals surface area (Å²) in [6.07, 6.45) is 45.6. The number of hydrogen-bond donors (Lipinski definition) is 1. The standard InChI is InChI=1S/C37H54O5/c1-3-5-7-9-11-13-15-17-18-20-22-24-26-28-30-32-37(40)42-35(33-38)34-41-36(39)31-29-27-25-23-21-19-16-14-12-10-8-6-4-2/h5-22,35,38H,3-4,23-34H2,1-2H3/b7-5+,8-6+,11-9+,12-10+,15-13+,16-14+,18-17+,21-19+,22-20+. The van der Waals surface area contributed by atoms with Crippen LogP contribution in [-0.4, -0.2) is 36.4 Å². The largest absolute Gasteiger partial charge is 0.462 e. The lowest BCUT2D eigenvalue weighted by atomic mass is 10.1. The summed E-state index contributed by atoms with van der Waals surface area (Å²) in [5.41, 5.74) is 0. The maximum Gasteiger partial charge on any atom is 0.306 e. The van der Waals surface area contributed by atoms with Crippen LogP contribution in [0.3, 0.4) is 0 Å². The Morgan fingerprint density at radius 2 is 0.952 bits per heavy atom. The number of hydrogen-bond acceptors (Lipinski definition) is 5. The molecule has 0 aliphatic rings. The monoisotopic (exact) mass is 578 g/mol. The van der Waals surface area contributed by atoms with Gasteiger partial charge in [0.15, 0.2) is 6.10 Å². The minimum Gasteiger partial charge on any atom is -0.462 e. The second-order valence-corrected chi connectivity index (χ2v) is 9.63. The summed E-state index contributed by atoms with van der Waals surface area (Å²) in [6.45, 7) is 3.73. The molecule has 1 atom stereocenters. The van der Waals surface area contributed by atoms with Crippen molar-refractivity contribution in [2.45, 2.75) is 97.0 Å². The van der Waals surface area contributed by atoms with Crippen molar-refractivity contribution in [1.29, 1.82) is 0 Å². The summed E-state index contributed by atoms with van der Waals surface area (Å²) in [4.78, 5) is 24.1. The van der Waals surface area contributed by atoms with Crippen molar-refractivity contribution in [3.63, 3.8) is 0 Å². The Labute approximate surface area is 255 Å². The van der Waals surface area contributed by atoms with Gasteiger partial charge in [-0.25, -0.2) is 0 Å². The van der Waals surface area contributed by atoms with E-state index in [1.54, 1.807) is 0 Å². The molecule has 0 aromatic heterocycles. The molecule has 1 unspecified atom stereocenters. The first-order valence-electron chi connectivity index (χ1n) is 15.6. The molecule has 42 heavy (non-hydrogen) atoms. The first kappa shape index (κ1) is 38.6. The highest BCUT2D eigenvalue weighted by Crippen LogP contribution is 2.08. The van der Waals surface area contributed by atoms with E-state index in [-0.39, 0.29) is 31.6 Å². The van der Waals surface area contributed by atoms with Gasteiger partial charge in [0.05, 0.1) is 6.61 Å². The summed E-state index contributed by atoms with van der Waals surface area (Å²) in [7, 11) is 0. The molecule has 232 valence electrons. The number of aliphatic hydroxyl groups is 1. The molecule has 0 amide bonds. The van der Waals surface area contributed by atoms with Crippen molar-refractivity contribution in [3.8, 4) is 0 Å². The van der Waals surface area contributed by atoms with E-state index < -0.39 is 6.10 Å². The Morgan fingerprint density at radius 3 is 1.38 bits per heavy atom. The highest BCUT2D eigenvalue weighted by molar-refractivity contribution is 5.70. The van der Waals surface area contributed by atoms with Gasteiger partial charge < -0.3 is 14.6 Å². The summed E-state index contributed by atoms with van der Waals surface area (Å²) in [5, 5.41) is 9.48. The van der Waals surface area contributed by atoms with E-state index in [1.165, 1.54) is 0 Å². The lowest BCUT2D eigenvalue weighted by molar-refractivity contribution is -0.161. The lowest BCUT2D eigenvalue weighted by Gasteiger charge is -2.15. The van der Waals surface area contributed by atoms with Crippen molar-refractivity contribution in [1.82, 2.24) is 0 Å². The van der Waals surface area contributed by atoms with Gasteiger partial charge in [0.1, 0.15) is 6.61 Å². The molecule has 0 fully saturated rings. The van der Waals surface area contributed by atoms with Crippen molar-refractivity contribution in [3.05, 3.63) is 109 Å². The summed E-state index contributed by atoms with van der Waals surface area (Å²) >= 11 is 0. The third kappa shape index (κ3) is 29.5. The molecule has 0 bridgehead atoms. The molecule has 0 aliphatic carbocycles. The third-order valence-corrected chi connectivity index (χ3v) is 5.78. The molecule has 0 aliphatic heterocycles. The zero-order valence-electron chi connectivity index (χ0n) is 25.9. The van der Waals surface area contributed by atoms with Crippen molar-refractivity contribution >= 4 is 11.9 Å². The van der Waals surface area contributed by atoms with Crippen LogP contribution in [0.15, 0.2) is 109 Å². The van der Waals surface area contributed by atoms with E-state index in [9.17, 15) is 14.7 Å². The van der Waals surface area contributed by atoms with Crippen LogP contribution in [0, 0.1) is 0 Å². The van der Waals surface area contributed by atoms with Crippen LogP contribution in [0.25, 0.3) is 0 Å². The van der Waals surface area contributed by atoms with Gasteiger partial charge >= 0.3 is 11.9 Å². The zero-order valence-corrected chi connectivity index (χ0v) is 25.9. The predicted octanol–water partition coefficient (Wildman–Crippen LogP) is 9.16.